The molecule has 0 atom stereocenters. The highest BCUT2D eigenvalue weighted by molar-refractivity contribution is 7.14. The van der Waals surface area contributed by atoms with E-state index in [1.54, 1.807) is 13.8 Å². The number of carbonyl (C=O) groups is 2. The van der Waals surface area contributed by atoms with Gasteiger partial charge < -0.3 is 10.1 Å². The van der Waals surface area contributed by atoms with Crippen LogP contribution in [0.5, 0.6) is 0 Å². The third kappa shape index (κ3) is 6.00. The molecule has 2 N–H and O–H groups in total. The quantitative estimate of drug-likeness (QED) is 0.448. The Morgan fingerprint density at radius 1 is 1.24 bits per heavy atom. The highest BCUT2D eigenvalue weighted by Gasteiger charge is 2.06. The molecule has 2 rings (SSSR count). The predicted octanol–water partition coefficient (Wildman–Crippen LogP) is 3.51. The van der Waals surface area contributed by atoms with Crippen LogP contribution in [0.2, 0.25) is 0 Å². The molecule has 7 nitrogen and oxygen atoms in total. The zero-order chi connectivity index (χ0) is 18.2. The molecule has 2 aromatic rings. The maximum Gasteiger partial charge on any atom is 0.311 e. The second-order valence-corrected chi connectivity index (χ2v) is 6.10. The van der Waals surface area contributed by atoms with Crippen LogP contribution >= 0.6 is 11.3 Å². The Morgan fingerprint density at radius 2 is 1.96 bits per heavy atom. The third-order valence-electron chi connectivity index (χ3n) is 3.05. The van der Waals surface area contributed by atoms with Crippen molar-refractivity contribution in [3.05, 3.63) is 29.6 Å². The minimum Gasteiger partial charge on any atom is -0.466 e. The van der Waals surface area contributed by atoms with E-state index in [4.69, 9.17) is 4.74 Å². The van der Waals surface area contributed by atoms with Gasteiger partial charge in [-0.3, -0.25) is 15.0 Å². The van der Waals surface area contributed by atoms with E-state index in [0.717, 1.165) is 16.9 Å². The molecule has 25 heavy (non-hydrogen) atoms. The van der Waals surface area contributed by atoms with Gasteiger partial charge in [-0.2, -0.15) is 5.10 Å². The van der Waals surface area contributed by atoms with Gasteiger partial charge >= 0.3 is 5.97 Å². The van der Waals surface area contributed by atoms with Crippen molar-refractivity contribution < 1.29 is 14.3 Å². The van der Waals surface area contributed by atoms with E-state index >= 15 is 0 Å². The molecule has 0 unspecified atom stereocenters. The minimum atomic E-state index is -0.301. The lowest BCUT2D eigenvalue weighted by Gasteiger charge is -2.03. The lowest BCUT2D eigenvalue weighted by Crippen LogP contribution is -2.10. The zero-order valence-corrected chi connectivity index (χ0v) is 15.1. The molecule has 1 aromatic heterocycles. The van der Waals surface area contributed by atoms with E-state index < -0.39 is 0 Å². The van der Waals surface area contributed by atoms with Crippen LogP contribution in [0, 0.1) is 0 Å². The molecule has 0 aliphatic heterocycles. The number of ether oxygens (including phenoxy) is 1. The van der Waals surface area contributed by atoms with Crippen molar-refractivity contribution in [2.75, 3.05) is 17.3 Å². The van der Waals surface area contributed by atoms with Gasteiger partial charge in [0.15, 0.2) is 0 Å². The van der Waals surface area contributed by atoms with Crippen LogP contribution in [0.15, 0.2) is 34.7 Å². The molecule has 132 valence electrons. The van der Waals surface area contributed by atoms with E-state index in [1.165, 1.54) is 18.3 Å². The normalized spacial score (nSPS) is 11.1. The number of anilines is 2. The first-order valence-electron chi connectivity index (χ1n) is 7.76. The summed E-state index contributed by atoms with van der Waals surface area (Å²) in [7, 11) is 0. The first kappa shape index (κ1) is 18.6. The zero-order valence-electron chi connectivity index (χ0n) is 14.3. The molecule has 0 radical (unpaired) electrons. The highest BCUT2D eigenvalue weighted by atomic mass is 32.1. The van der Waals surface area contributed by atoms with E-state index in [9.17, 15) is 9.59 Å². The van der Waals surface area contributed by atoms with Gasteiger partial charge in [-0.05, 0) is 26.0 Å². The summed E-state index contributed by atoms with van der Waals surface area (Å²) < 4.78 is 4.87. The Morgan fingerprint density at radius 3 is 2.60 bits per heavy atom. The van der Waals surface area contributed by atoms with Crippen LogP contribution < -0.4 is 10.7 Å². The van der Waals surface area contributed by atoms with Gasteiger partial charge in [0.05, 0.1) is 18.7 Å². The standard InChI is InChI=1S/C17H20N4O3S/c1-4-24-16(23)9-11(2)20-21-17-19-15(10-25-17)13-5-7-14(8-6-13)18-12(3)22/h5-8,10H,4,9H2,1-3H3,(H,18,22)(H,19,21). The maximum absolute atomic E-state index is 11.4. The maximum atomic E-state index is 11.4. The van der Waals surface area contributed by atoms with Gasteiger partial charge in [0.2, 0.25) is 11.0 Å². The van der Waals surface area contributed by atoms with Crippen molar-refractivity contribution in [3.8, 4) is 11.3 Å². The van der Waals surface area contributed by atoms with Crippen molar-refractivity contribution in [1.29, 1.82) is 0 Å². The van der Waals surface area contributed by atoms with Gasteiger partial charge in [-0.15, -0.1) is 11.3 Å². The summed E-state index contributed by atoms with van der Waals surface area (Å²) in [5.74, 6) is -0.409. The average Bonchev–Trinajstić information content (AvgIpc) is 3.02. The minimum absolute atomic E-state index is 0.107. The predicted molar refractivity (Wildman–Crippen MR) is 99.8 cm³/mol. The Labute approximate surface area is 150 Å². The molecular formula is C17H20N4O3S. The molecular weight excluding hydrogens is 340 g/mol. The second kappa shape index (κ2) is 8.93. The van der Waals surface area contributed by atoms with Gasteiger partial charge in [0.1, 0.15) is 0 Å². The number of hydrogen-bond acceptors (Lipinski definition) is 7. The molecule has 0 bridgehead atoms. The number of hydrazone groups is 1. The fourth-order valence-electron chi connectivity index (χ4n) is 1.99. The number of carbonyl (C=O) groups excluding carboxylic acids is 2. The van der Waals surface area contributed by atoms with Crippen LogP contribution in [-0.4, -0.2) is 29.2 Å². The Balaban J connectivity index is 1.97. The van der Waals surface area contributed by atoms with E-state index in [1.807, 2.05) is 29.6 Å². The van der Waals surface area contributed by atoms with E-state index in [-0.39, 0.29) is 18.3 Å². The lowest BCUT2D eigenvalue weighted by molar-refractivity contribution is -0.141. The number of rotatable bonds is 7. The number of aromatic nitrogens is 1. The van der Waals surface area contributed by atoms with Crippen LogP contribution in [0.1, 0.15) is 27.2 Å². The largest absolute Gasteiger partial charge is 0.466 e. The number of amides is 1. The van der Waals surface area contributed by atoms with Crippen molar-refractivity contribution in [2.24, 2.45) is 5.10 Å². The summed E-state index contributed by atoms with van der Waals surface area (Å²) in [6.07, 6.45) is 0.143. The molecule has 8 heteroatoms. The van der Waals surface area contributed by atoms with Crippen molar-refractivity contribution in [2.45, 2.75) is 27.2 Å². The van der Waals surface area contributed by atoms with Crippen molar-refractivity contribution in [1.82, 2.24) is 4.98 Å². The van der Waals surface area contributed by atoms with Gasteiger partial charge in [0.25, 0.3) is 0 Å². The highest BCUT2D eigenvalue weighted by Crippen LogP contribution is 2.26. The van der Waals surface area contributed by atoms with Crippen molar-refractivity contribution >= 4 is 39.7 Å². The summed E-state index contributed by atoms with van der Waals surface area (Å²) in [5.41, 5.74) is 5.95. The molecule has 0 spiro atoms. The Bertz CT molecular complexity index is 768. The number of benzene rings is 1. The van der Waals surface area contributed by atoms with Crippen LogP contribution in [-0.2, 0) is 14.3 Å². The SMILES string of the molecule is CCOC(=O)CC(C)=NNc1nc(-c2ccc(NC(C)=O)cc2)cs1. The monoisotopic (exact) mass is 360 g/mol. The summed E-state index contributed by atoms with van der Waals surface area (Å²) in [5, 5.41) is 9.40. The smallest absolute Gasteiger partial charge is 0.311 e. The average molecular weight is 360 g/mol. The fraction of sp³-hybridized carbons (Fsp3) is 0.294. The molecule has 0 saturated carbocycles. The van der Waals surface area contributed by atoms with Crippen molar-refractivity contribution in [3.63, 3.8) is 0 Å². The summed E-state index contributed by atoms with van der Waals surface area (Å²) in [6.45, 7) is 5.34. The molecule has 1 amide bonds. The molecule has 0 aliphatic rings. The first-order chi connectivity index (χ1) is 12.0. The number of nitrogens with zero attached hydrogens (tertiary/aromatic N) is 2. The summed E-state index contributed by atoms with van der Waals surface area (Å²) in [6, 6.07) is 7.43. The van der Waals surface area contributed by atoms with E-state index in [2.05, 4.69) is 20.8 Å². The second-order valence-electron chi connectivity index (χ2n) is 5.24. The number of esters is 1. The number of thiazole rings is 1. The fourth-order valence-corrected chi connectivity index (χ4v) is 2.65. The Hall–Kier alpha value is -2.74. The van der Waals surface area contributed by atoms with Gasteiger partial charge in [-0.25, -0.2) is 4.98 Å². The number of nitrogens with one attached hydrogen (secondary N) is 2. The molecule has 1 aromatic carbocycles. The first-order valence-corrected chi connectivity index (χ1v) is 8.64. The van der Waals surface area contributed by atoms with Gasteiger partial charge in [0, 0.05) is 29.3 Å². The number of hydrogen-bond donors (Lipinski definition) is 2. The summed E-state index contributed by atoms with van der Waals surface area (Å²) in [4.78, 5) is 26.9. The van der Waals surface area contributed by atoms with E-state index in [0.29, 0.717) is 17.5 Å². The molecule has 1 heterocycles. The molecule has 0 fully saturated rings. The third-order valence-corrected chi connectivity index (χ3v) is 3.80. The Kier molecular flexibility index (Phi) is 6.64. The molecule has 0 saturated heterocycles. The van der Waals surface area contributed by atoms with Crippen LogP contribution in [0.3, 0.4) is 0 Å². The summed E-state index contributed by atoms with van der Waals surface area (Å²) >= 11 is 1.42. The topological polar surface area (TPSA) is 92.7 Å². The lowest BCUT2D eigenvalue weighted by atomic mass is 10.1. The van der Waals surface area contributed by atoms with Crippen LogP contribution in [0.25, 0.3) is 11.3 Å². The molecule has 0 aliphatic carbocycles. The van der Waals surface area contributed by atoms with Gasteiger partial charge in [-0.1, -0.05) is 12.1 Å². The van der Waals surface area contributed by atoms with Crippen LogP contribution in [0.4, 0.5) is 10.8 Å².